The van der Waals surface area contributed by atoms with Crippen LogP contribution in [0.4, 0.5) is 0 Å². The molecule has 1 unspecified atom stereocenters. The Morgan fingerprint density at radius 3 is 2.21 bits per heavy atom. The van der Waals surface area contributed by atoms with Crippen molar-refractivity contribution in [2.45, 2.75) is 38.0 Å². The largest absolute Gasteiger partial charge is 0.478 e. The summed E-state index contributed by atoms with van der Waals surface area (Å²) >= 11 is 0. The highest BCUT2D eigenvalue weighted by atomic mass is 16.4. The van der Waals surface area contributed by atoms with E-state index in [2.05, 4.69) is 12.1 Å². The summed E-state index contributed by atoms with van der Waals surface area (Å²) in [7, 11) is 0. The van der Waals surface area contributed by atoms with E-state index in [1.54, 1.807) is 12.1 Å². The zero-order chi connectivity index (χ0) is 19.5. The van der Waals surface area contributed by atoms with Crippen LogP contribution >= 0.6 is 0 Å². The van der Waals surface area contributed by atoms with Gasteiger partial charge in [-0.3, -0.25) is 4.79 Å². The minimum absolute atomic E-state index is 0.00508. The van der Waals surface area contributed by atoms with Gasteiger partial charge in [-0.05, 0) is 61.1 Å². The molecule has 4 nitrogen and oxygen atoms in total. The molecule has 0 spiro atoms. The molecule has 4 rings (SSSR count). The molecule has 1 aliphatic carbocycles. The second kappa shape index (κ2) is 8.17. The van der Waals surface area contributed by atoms with Crippen molar-refractivity contribution in [2.24, 2.45) is 11.8 Å². The number of rotatable bonds is 6. The maximum Gasteiger partial charge on any atom is 0.335 e. The number of nitrogens with zero attached hydrogens (tertiary/aromatic N) is 1. The van der Waals surface area contributed by atoms with Gasteiger partial charge in [0.05, 0.1) is 11.5 Å². The number of likely N-dealkylation sites (tertiary alicyclic amines) is 1. The number of hydrogen-bond acceptors (Lipinski definition) is 2. The van der Waals surface area contributed by atoms with Crippen LogP contribution in [-0.2, 0) is 11.2 Å². The average molecular weight is 377 g/mol. The van der Waals surface area contributed by atoms with Gasteiger partial charge in [0, 0.05) is 13.1 Å². The summed E-state index contributed by atoms with van der Waals surface area (Å²) in [6.07, 6.45) is 4.94. The third-order valence-electron chi connectivity index (χ3n) is 6.20. The molecule has 28 heavy (non-hydrogen) atoms. The molecule has 0 radical (unpaired) electrons. The number of hydrogen-bond donors (Lipinski definition) is 1. The standard InChI is InChI=1S/C24H27NO3/c26-23(22(19-10-11-19)18-6-2-1-3-7-18)25-14-12-17(13-15-25)16-20-8-4-5-9-21(20)24(27)28/h1-9,17,19,22H,10-16H2,(H,27,28). The van der Waals surface area contributed by atoms with Gasteiger partial charge in [0.15, 0.2) is 0 Å². The maximum atomic E-state index is 13.2. The van der Waals surface area contributed by atoms with Gasteiger partial charge in [0.25, 0.3) is 0 Å². The van der Waals surface area contributed by atoms with Crippen LogP contribution in [0.1, 0.15) is 53.1 Å². The van der Waals surface area contributed by atoms with E-state index in [-0.39, 0.29) is 11.8 Å². The average Bonchev–Trinajstić information content (AvgIpc) is 3.55. The van der Waals surface area contributed by atoms with Crippen molar-refractivity contribution in [2.75, 3.05) is 13.1 Å². The molecule has 1 saturated heterocycles. The molecule has 0 bridgehead atoms. The first-order chi connectivity index (χ1) is 13.6. The van der Waals surface area contributed by atoms with Crippen molar-refractivity contribution in [1.29, 1.82) is 0 Å². The number of benzene rings is 2. The minimum atomic E-state index is -0.863. The molecule has 1 atom stereocenters. The summed E-state index contributed by atoms with van der Waals surface area (Å²) in [6.45, 7) is 1.55. The van der Waals surface area contributed by atoms with E-state index >= 15 is 0 Å². The molecule has 1 amide bonds. The van der Waals surface area contributed by atoms with E-state index in [0.29, 0.717) is 17.4 Å². The monoisotopic (exact) mass is 377 g/mol. The highest BCUT2D eigenvalue weighted by Gasteiger charge is 2.39. The van der Waals surface area contributed by atoms with Gasteiger partial charge in [0.1, 0.15) is 0 Å². The van der Waals surface area contributed by atoms with Crippen LogP contribution in [0.15, 0.2) is 54.6 Å². The number of piperidine rings is 1. The zero-order valence-electron chi connectivity index (χ0n) is 16.1. The van der Waals surface area contributed by atoms with Crippen LogP contribution in [0.3, 0.4) is 0 Å². The lowest BCUT2D eigenvalue weighted by Gasteiger charge is -2.34. The number of carbonyl (C=O) groups excluding carboxylic acids is 1. The summed E-state index contributed by atoms with van der Waals surface area (Å²) in [5, 5.41) is 9.38. The molecule has 1 N–H and O–H groups in total. The summed E-state index contributed by atoms with van der Waals surface area (Å²) in [6, 6.07) is 17.5. The fourth-order valence-electron chi connectivity index (χ4n) is 4.48. The quantitative estimate of drug-likeness (QED) is 0.814. The first-order valence-electron chi connectivity index (χ1n) is 10.3. The normalized spacial score (nSPS) is 18.6. The Kier molecular flexibility index (Phi) is 5.47. The second-order valence-corrected chi connectivity index (χ2v) is 8.16. The van der Waals surface area contributed by atoms with Crippen LogP contribution in [-0.4, -0.2) is 35.0 Å². The van der Waals surface area contributed by atoms with Crippen LogP contribution in [0.5, 0.6) is 0 Å². The molecule has 4 heteroatoms. The Bertz CT molecular complexity index is 836. The van der Waals surface area contributed by atoms with Gasteiger partial charge in [0.2, 0.25) is 5.91 Å². The lowest BCUT2D eigenvalue weighted by molar-refractivity contribution is -0.134. The second-order valence-electron chi connectivity index (χ2n) is 8.16. The van der Waals surface area contributed by atoms with E-state index in [4.69, 9.17) is 0 Å². The topological polar surface area (TPSA) is 57.6 Å². The minimum Gasteiger partial charge on any atom is -0.478 e. The number of carboxylic acid groups (broad SMARTS) is 1. The molecule has 2 aromatic rings. The van der Waals surface area contributed by atoms with Crippen molar-refractivity contribution in [3.05, 3.63) is 71.3 Å². The first-order valence-corrected chi connectivity index (χ1v) is 10.3. The molecule has 0 aromatic heterocycles. The van der Waals surface area contributed by atoms with E-state index in [9.17, 15) is 14.7 Å². The smallest absolute Gasteiger partial charge is 0.335 e. The number of carboxylic acids is 1. The summed E-state index contributed by atoms with van der Waals surface area (Å²) in [4.78, 5) is 26.7. The molecule has 2 fully saturated rings. The third kappa shape index (κ3) is 4.11. The molecule has 1 aliphatic heterocycles. The molecular formula is C24H27NO3. The van der Waals surface area contributed by atoms with E-state index in [1.807, 2.05) is 35.2 Å². The molecule has 2 aliphatic rings. The Morgan fingerprint density at radius 2 is 1.57 bits per heavy atom. The zero-order valence-corrected chi connectivity index (χ0v) is 16.1. The first kappa shape index (κ1) is 18.7. The predicted octanol–water partition coefficient (Wildman–Crippen LogP) is 4.36. The van der Waals surface area contributed by atoms with E-state index in [0.717, 1.165) is 56.3 Å². The fourth-order valence-corrected chi connectivity index (χ4v) is 4.48. The highest BCUT2D eigenvalue weighted by molar-refractivity contribution is 5.89. The highest BCUT2D eigenvalue weighted by Crippen LogP contribution is 2.44. The molecule has 1 heterocycles. The van der Waals surface area contributed by atoms with Gasteiger partial charge in [-0.25, -0.2) is 4.79 Å². The SMILES string of the molecule is O=C(O)c1ccccc1CC1CCN(C(=O)C(c2ccccc2)C2CC2)CC1. The van der Waals surface area contributed by atoms with Crippen LogP contribution in [0.2, 0.25) is 0 Å². The Balaban J connectivity index is 1.39. The molecular weight excluding hydrogens is 350 g/mol. The Labute approximate surface area is 166 Å². The molecule has 1 saturated carbocycles. The lowest BCUT2D eigenvalue weighted by atomic mass is 9.87. The summed E-state index contributed by atoms with van der Waals surface area (Å²) in [5.74, 6) is 0.345. The Morgan fingerprint density at radius 1 is 0.929 bits per heavy atom. The van der Waals surface area contributed by atoms with Gasteiger partial charge in [-0.1, -0.05) is 48.5 Å². The van der Waals surface area contributed by atoms with Crippen molar-refractivity contribution < 1.29 is 14.7 Å². The Hall–Kier alpha value is -2.62. The molecule has 2 aromatic carbocycles. The number of aromatic carboxylic acids is 1. The van der Waals surface area contributed by atoms with E-state index < -0.39 is 5.97 Å². The maximum absolute atomic E-state index is 13.2. The number of amides is 1. The van der Waals surface area contributed by atoms with Gasteiger partial charge < -0.3 is 10.0 Å². The van der Waals surface area contributed by atoms with Crippen molar-refractivity contribution in [1.82, 2.24) is 4.90 Å². The number of carbonyl (C=O) groups is 2. The van der Waals surface area contributed by atoms with Crippen molar-refractivity contribution in [3.8, 4) is 0 Å². The van der Waals surface area contributed by atoms with Crippen LogP contribution < -0.4 is 0 Å². The van der Waals surface area contributed by atoms with Crippen molar-refractivity contribution in [3.63, 3.8) is 0 Å². The van der Waals surface area contributed by atoms with Gasteiger partial charge in [-0.2, -0.15) is 0 Å². The van der Waals surface area contributed by atoms with Crippen molar-refractivity contribution >= 4 is 11.9 Å². The third-order valence-corrected chi connectivity index (χ3v) is 6.20. The predicted molar refractivity (Wildman–Crippen MR) is 108 cm³/mol. The van der Waals surface area contributed by atoms with Crippen LogP contribution in [0.25, 0.3) is 0 Å². The van der Waals surface area contributed by atoms with E-state index in [1.165, 1.54) is 0 Å². The van der Waals surface area contributed by atoms with Gasteiger partial charge in [-0.15, -0.1) is 0 Å². The lowest BCUT2D eigenvalue weighted by Crippen LogP contribution is -2.42. The summed E-state index contributed by atoms with van der Waals surface area (Å²) < 4.78 is 0. The van der Waals surface area contributed by atoms with Crippen LogP contribution in [0, 0.1) is 11.8 Å². The molecule has 146 valence electrons. The van der Waals surface area contributed by atoms with Gasteiger partial charge >= 0.3 is 5.97 Å². The summed E-state index contributed by atoms with van der Waals surface area (Å²) in [5.41, 5.74) is 2.45. The fraction of sp³-hybridized carbons (Fsp3) is 0.417.